The fourth-order valence-electron chi connectivity index (χ4n) is 2.02. The predicted octanol–water partition coefficient (Wildman–Crippen LogP) is 2.55. The lowest BCUT2D eigenvalue weighted by Crippen LogP contribution is -2.00. The second-order valence-electron chi connectivity index (χ2n) is 4.02. The van der Waals surface area contributed by atoms with Crippen LogP contribution in [0.25, 0.3) is 22.6 Å². The first-order valence-electron chi connectivity index (χ1n) is 5.81. The summed E-state index contributed by atoms with van der Waals surface area (Å²) >= 11 is 1.43. The summed E-state index contributed by atoms with van der Waals surface area (Å²) in [6, 6.07) is 1.98. The van der Waals surface area contributed by atoms with Crippen molar-refractivity contribution < 1.29 is 0 Å². The SMILES string of the molecule is CCCn1c(-c2csc(N)n2)nc2cnccc21. The molecule has 3 aromatic heterocycles. The lowest BCUT2D eigenvalue weighted by atomic mass is 10.3. The predicted molar refractivity (Wildman–Crippen MR) is 73.3 cm³/mol. The molecule has 18 heavy (non-hydrogen) atoms. The first-order chi connectivity index (χ1) is 8.79. The van der Waals surface area contributed by atoms with Gasteiger partial charge in [0.25, 0.3) is 0 Å². The summed E-state index contributed by atoms with van der Waals surface area (Å²) in [6.07, 6.45) is 4.61. The van der Waals surface area contributed by atoms with E-state index in [0.717, 1.165) is 35.5 Å². The van der Waals surface area contributed by atoms with E-state index in [0.29, 0.717) is 5.13 Å². The zero-order valence-electron chi connectivity index (χ0n) is 10.00. The van der Waals surface area contributed by atoms with Crippen LogP contribution in [0.2, 0.25) is 0 Å². The normalized spacial score (nSPS) is 11.2. The average Bonchev–Trinajstić information content (AvgIpc) is 2.95. The van der Waals surface area contributed by atoms with E-state index < -0.39 is 0 Å². The Hall–Kier alpha value is -1.95. The molecule has 5 nitrogen and oxygen atoms in total. The van der Waals surface area contributed by atoms with E-state index in [4.69, 9.17) is 5.73 Å². The van der Waals surface area contributed by atoms with Crippen LogP contribution >= 0.6 is 11.3 Å². The van der Waals surface area contributed by atoms with E-state index in [1.54, 1.807) is 12.4 Å². The highest BCUT2D eigenvalue weighted by Gasteiger charge is 2.14. The molecule has 0 saturated carbocycles. The Bertz CT molecular complexity index is 685. The number of hydrogen-bond donors (Lipinski definition) is 1. The number of hydrogen-bond acceptors (Lipinski definition) is 5. The highest BCUT2D eigenvalue weighted by molar-refractivity contribution is 7.13. The number of imidazole rings is 1. The minimum Gasteiger partial charge on any atom is -0.375 e. The van der Waals surface area contributed by atoms with Gasteiger partial charge < -0.3 is 10.3 Å². The summed E-state index contributed by atoms with van der Waals surface area (Å²) in [5.41, 5.74) is 8.51. The molecule has 0 aliphatic heterocycles. The van der Waals surface area contributed by atoms with Gasteiger partial charge in [0.15, 0.2) is 11.0 Å². The number of anilines is 1. The smallest absolute Gasteiger partial charge is 0.180 e. The van der Waals surface area contributed by atoms with Gasteiger partial charge >= 0.3 is 0 Å². The summed E-state index contributed by atoms with van der Waals surface area (Å²) in [4.78, 5) is 13.0. The molecule has 0 aromatic carbocycles. The number of aryl methyl sites for hydroxylation is 1. The maximum Gasteiger partial charge on any atom is 0.180 e. The van der Waals surface area contributed by atoms with Crippen LogP contribution < -0.4 is 5.73 Å². The van der Waals surface area contributed by atoms with E-state index >= 15 is 0 Å². The second-order valence-corrected chi connectivity index (χ2v) is 4.91. The van der Waals surface area contributed by atoms with Gasteiger partial charge in [-0.2, -0.15) is 0 Å². The molecule has 0 aliphatic rings. The largest absolute Gasteiger partial charge is 0.375 e. The van der Waals surface area contributed by atoms with E-state index in [1.807, 2.05) is 11.4 Å². The number of thiazole rings is 1. The van der Waals surface area contributed by atoms with Crippen LogP contribution in [-0.4, -0.2) is 19.5 Å². The Labute approximate surface area is 108 Å². The Morgan fingerprint density at radius 1 is 1.39 bits per heavy atom. The Morgan fingerprint density at radius 3 is 3.00 bits per heavy atom. The van der Waals surface area contributed by atoms with Gasteiger partial charge in [0, 0.05) is 18.1 Å². The molecule has 0 saturated heterocycles. The van der Waals surface area contributed by atoms with Crippen LogP contribution in [0.1, 0.15) is 13.3 Å². The molecule has 0 fully saturated rings. The van der Waals surface area contributed by atoms with Gasteiger partial charge in [0.05, 0.1) is 11.7 Å². The molecule has 3 rings (SSSR count). The van der Waals surface area contributed by atoms with Gasteiger partial charge in [-0.3, -0.25) is 4.98 Å². The van der Waals surface area contributed by atoms with E-state index in [1.165, 1.54) is 11.3 Å². The first-order valence-corrected chi connectivity index (χ1v) is 6.69. The van der Waals surface area contributed by atoms with Crippen molar-refractivity contribution in [2.24, 2.45) is 0 Å². The third-order valence-corrected chi connectivity index (χ3v) is 3.42. The van der Waals surface area contributed by atoms with Crippen molar-refractivity contribution in [3.63, 3.8) is 0 Å². The van der Waals surface area contributed by atoms with E-state index in [2.05, 4.69) is 26.4 Å². The average molecular weight is 259 g/mol. The van der Waals surface area contributed by atoms with Crippen LogP contribution in [-0.2, 0) is 6.54 Å². The third-order valence-electron chi connectivity index (χ3n) is 2.75. The molecule has 6 heteroatoms. The molecule has 2 N–H and O–H groups in total. The standard InChI is InChI=1S/C12H13N5S/c1-2-5-17-10-3-4-14-6-8(10)15-11(17)9-7-18-12(13)16-9/h3-4,6-7H,2,5H2,1H3,(H2,13,16). The molecule has 0 unspecified atom stereocenters. The van der Waals surface area contributed by atoms with Crippen molar-refractivity contribution in [2.45, 2.75) is 19.9 Å². The number of aromatic nitrogens is 4. The molecule has 0 bridgehead atoms. The van der Waals surface area contributed by atoms with Crippen molar-refractivity contribution in [3.8, 4) is 11.5 Å². The summed E-state index contributed by atoms with van der Waals surface area (Å²) < 4.78 is 2.17. The Kier molecular flexibility index (Phi) is 2.71. The van der Waals surface area contributed by atoms with Crippen LogP contribution in [0.15, 0.2) is 23.8 Å². The Balaban J connectivity index is 2.24. The van der Waals surface area contributed by atoms with Crippen LogP contribution in [0.3, 0.4) is 0 Å². The first kappa shape index (κ1) is 11.2. The highest BCUT2D eigenvalue weighted by Crippen LogP contribution is 2.26. The maximum absolute atomic E-state index is 5.69. The monoisotopic (exact) mass is 259 g/mol. The van der Waals surface area contributed by atoms with E-state index in [9.17, 15) is 0 Å². The van der Waals surface area contributed by atoms with Gasteiger partial charge in [-0.05, 0) is 12.5 Å². The van der Waals surface area contributed by atoms with Crippen molar-refractivity contribution in [2.75, 3.05) is 5.73 Å². The molecule has 3 heterocycles. The number of fused-ring (bicyclic) bond motifs is 1. The van der Waals surface area contributed by atoms with E-state index in [-0.39, 0.29) is 0 Å². The van der Waals surface area contributed by atoms with Crippen molar-refractivity contribution >= 4 is 27.5 Å². The van der Waals surface area contributed by atoms with Crippen LogP contribution in [0.5, 0.6) is 0 Å². The zero-order valence-corrected chi connectivity index (χ0v) is 10.8. The van der Waals surface area contributed by atoms with Gasteiger partial charge in [-0.25, -0.2) is 9.97 Å². The minimum atomic E-state index is 0.568. The second kappa shape index (κ2) is 4.38. The molecule has 3 aromatic rings. The zero-order chi connectivity index (χ0) is 12.5. The number of nitrogen functional groups attached to an aromatic ring is 1. The molecule has 0 atom stereocenters. The molecular formula is C12H13N5S. The maximum atomic E-state index is 5.69. The fraction of sp³-hybridized carbons (Fsp3) is 0.250. The molecule has 92 valence electrons. The Morgan fingerprint density at radius 2 is 2.28 bits per heavy atom. The van der Waals surface area contributed by atoms with Crippen molar-refractivity contribution in [1.29, 1.82) is 0 Å². The van der Waals surface area contributed by atoms with Gasteiger partial charge in [-0.1, -0.05) is 6.92 Å². The van der Waals surface area contributed by atoms with Gasteiger partial charge in [0.2, 0.25) is 0 Å². The fourth-order valence-corrected chi connectivity index (χ4v) is 2.56. The minimum absolute atomic E-state index is 0.568. The lowest BCUT2D eigenvalue weighted by molar-refractivity contribution is 0.703. The summed E-state index contributed by atoms with van der Waals surface area (Å²) in [6.45, 7) is 3.06. The molecule has 0 aliphatic carbocycles. The van der Waals surface area contributed by atoms with Crippen molar-refractivity contribution in [1.82, 2.24) is 19.5 Å². The van der Waals surface area contributed by atoms with Crippen LogP contribution in [0, 0.1) is 0 Å². The number of pyridine rings is 1. The molecule has 0 spiro atoms. The molecular weight excluding hydrogens is 246 g/mol. The highest BCUT2D eigenvalue weighted by atomic mass is 32.1. The third kappa shape index (κ3) is 1.74. The summed E-state index contributed by atoms with van der Waals surface area (Å²) in [7, 11) is 0. The summed E-state index contributed by atoms with van der Waals surface area (Å²) in [5.74, 6) is 0.868. The number of nitrogens with zero attached hydrogens (tertiary/aromatic N) is 4. The quantitative estimate of drug-likeness (QED) is 0.784. The molecule has 0 amide bonds. The number of rotatable bonds is 3. The van der Waals surface area contributed by atoms with Gasteiger partial charge in [-0.15, -0.1) is 11.3 Å². The molecule has 0 radical (unpaired) electrons. The topological polar surface area (TPSA) is 69.6 Å². The van der Waals surface area contributed by atoms with Crippen LogP contribution in [0.4, 0.5) is 5.13 Å². The number of nitrogens with two attached hydrogens (primary N) is 1. The summed E-state index contributed by atoms with van der Waals surface area (Å²) in [5, 5.41) is 2.51. The van der Waals surface area contributed by atoms with Gasteiger partial charge in [0.1, 0.15) is 11.2 Å². The lowest BCUT2D eigenvalue weighted by Gasteiger charge is -2.05. The van der Waals surface area contributed by atoms with Crippen molar-refractivity contribution in [3.05, 3.63) is 23.8 Å².